The zero-order chi connectivity index (χ0) is 18.1. The predicted molar refractivity (Wildman–Crippen MR) is 99.4 cm³/mol. The Kier molecular flexibility index (Phi) is 5.03. The highest BCUT2D eigenvalue weighted by Gasteiger charge is 2.39. The predicted octanol–water partition coefficient (Wildman–Crippen LogP) is 4.42. The minimum absolute atomic E-state index is 0.0234. The first-order valence-corrected chi connectivity index (χ1v) is 8.80. The van der Waals surface area contributed by atoms with Crippen molar-refractivity contribution in [3.8, 4) is 0 Å². The van der Waals surface area contributed by atoms with Gasteiger partial charge in [0.05, 0.1) is 3.57 Å². The van der Waals surface area contributed by atoms with Crippen LogP contribution in [0.25, 0.3) is 0 Å². The summed E-state index contributed by atoms with van der Waals surface area (Å²) in [4.78, 5) is 24.3. The monoisotopic (exact) mass is 456 g/mol. The molecule has 2 aromatic rings. The Morgan fingerprint density at radius 1 is 1.08 bits per heavy atom. The first-order valence-electron chi connectivity index (χ1n) is 7.72. The standard InChI is InChI=1S/C18H15F2IN2O2/c1-9-5-13(9)18(25)22-11-4-2-3-10(6-11)17(24)23-12-7-14(19)16(21)15(20)8-12/h2-4,6-9,13H,5H2,1H3,(H,22,25)(H,23,24). The van der Waals surface area contributed by atoms with Gasteiger partial charge in [-0.05, 0) is 65.3 Å². The second-order valence-corrected chi connectivity index (χ2v) is 7.18. The van der Waals surface area contributed by atoms with E-state index in [-0.39, 0.29) is 26.6 Å². The molecular weight excluding hydrogens is 441 g/mol. The van der Waals surface area contributed by atoms with Crippen LogP contribution in [0.3, 0.4) is 0 Å². The van der Waals surface area contributed by atoms with Gasteiger partial charge in [0, 0.05) is 22.9 Å². The Balaban J connectivity index is 1.72. The quantitative estimate of drug-likeness (QED) is 0.529. The molecule has 1 aliphatic carbocycles. The lowest BCUT2D eigenvalue weighted by atomic mass is 10.1. The van der Waals surface area contributed by atoms with Gasteiger partial charge in [0.1, 0.15) is 11.6 Å². The van der Waals surface area contributed by atoms with Gasteiger partial charge in [-0.2, -0.15) is 0 Å². The van der Waals surface area contributed by atoms with E-state index in [9.17, 15) is 18.4 Å². The molecule has 2 atom stereocenters. The molecule has 1 aliphatic rings. The number of amides is 2. The lowest BCUT2D eigenvalue weighted by Crippen LogP contribution is -2.16. The van der Waals surface area contributed by atoms with E-state index >= 15 is 0 Å². The van der Waals surface area contributed by atoms with Crippen molar-refractivity contribution in [1.29, 1.82) is 0 Å². The number of rotatable bonds is 4. The van der Waals surface area contributed by atoms with Gasteiger partial charge in [0.15, 0.2) is 0 Å². The van der Waals surface area contributed by atoms with Crippen molar-refractivity contribution in [3.05, 3.63) is 57.2 Å². The molecule has 25 heavy (non-hydrogen) atoms. The van der Waals surface area contributed by atoms with E-state index in [2.05, 4.69) is 10.6 Å². The Morgan fingerprint density at radius 2 is 1.72 bits per heavy atom. The number of anilines is 2. The maximum atomic E-state index is 13.6. The summed E-state index contributed by atoms with van der Waals surface area (Å²) in [5.41, 5.74) is 0.819. The number of benzene rings is 2. The van der Waals surface area contributed by atoms with Crippen molar-refractivity contribution in [2.24, 2.45) is 11.8 Å². The van der Waals surface area contributed by atoms with Gasteiger partial charge in [-0.3, -0.25) is 9.59 Å². The van der Waals surface area contributed by atoms with E-state index in [4.69, 9.17) is 0 Å². The van der Waals surface area contributed by atoms with Crippen LogP contribution in [-0.2, 0) is 4.79 Å². The summed E-state index contributed by atoms with van der Waals surface area (Å²) in [6.45, 7) is 2.01. The molecule has 4 nitrogen and oxygen atoms in total. The number of halogens is 3. The van der Waals surface area contributed by atoms with Crippen LogP contribution in [0.1, 0.15) is 23.7 Å². The molecule has 7 heteroatoms. The van der Waals surface area contributed by atoms with Crippen molar-refractivity contribution in [2.75, 3.05) is 10.6 Å². The maximum Gasteiger partial charge on any atom is 0.255 e. The summed E-state index contributed by atoms with van der Waals surface area (Å²) in [6.07, 6.45) is 0.871. The van der Waals surface area contributed by atoms with Crippen LogP contribution in [-0.4, -0.2) is 11.8 Å². The third-order valence-corrected chi connectivity index (χ3v) is 5.11. The van der Waals surface area contributed by atoms with Crippen LogP contribution in [0.5, 0.6) is 0 Å². The molecule has 2 N–H and O–H groups in total. The molecule has 0 saturated heterocycles. The van der Waals surface area contributed by atoms with Crippen LogP contribution < -0.4 is 10.6 Å². The Bertz CT molecular complexity index is 834. The average molecular weight is 456 g/mol. The number of nitrogens with one attached hydrogen (secondary N) is 2. The molecule has 2 aromatic carbocycles. The van der Waals surface area contributed by atoms with E-state index in [0.717, 1.165) is 18.6 Å². The molecule has 0 aliphatic heterocycles. The van der Waals surface area contributed by atoms with Gasteiger partial charge in [0.2, 0.25) is 5.91 Å². The minimum atomic E-state index is -0.740. The van der Waals surface area contributed by atoms with Crippen LogP contribution in [0.15, 0.2) is 36.4 Å². The van der Waals surface area contributed by atoms with Crippen LogP contribution in [0, 0.1) is 27.0 Å². The molecule has 2 unspecified atom stereocenters. The van der Waals surface area contributed by atoms with Crippen LogP contribution >= 0.6 is 22.6 Å². The fourth-order valence-corrected chi connectivity index (χ4v) is 2.80. The van der Waals surface area contributed by atoms with Gasteiger partial charge in [-0.25, -0.2) is 8.78 Å². The third-order valence-electron chi connectivity index (χ3n) is 4.08. The summed E-state index contributed by atoms with van der Waals surface area (Å²) in [7, 11) is 0. The Hall–Kier alpha value is -2.03. The second-order valence-electron chi connectivity index (χ2n) is 6.10. The van der Waals surface area contributed by atoms with Gasteiger partial charge in [-0.1, -0.05) is 13.0 Å². The number of carbonyl (C=O) groups is 2. The minimum Gasteiger partial charge on any atom is -0.326 e. The van der Waals surface area contributed by atoms with Crippen LogP contribution in [0.2, 0.25) is 0 Å². The van der Waals surface area contributed by atoms with Crippen molar-refractivity contribution in [2.45, 2.75) is 13.3 Å². The van der Waals surface area contributed by atoms with Crippen molar-refractivity contribution in [3.63, 3.8) is 0 Å². The fourth-order valence-electron chi connectivity index (χ4n) is 2.49. The van der Waals surface area contributed by atoms with Gasteiger partial charge in [0.25, 0.3) is 5.91 Å². The molecule has 3 rings (SSSR count). The van der Waals surface area contributed by atoms with Gasteiger partial charge >= 0.3 is 0 Å². The maximum absolute atomic E-state index is 13.6. The first kappa shape index (κ1) is 17.8. The first-order chi connectivity index (χ1) is 11.8. The summed E-state index contributed by atoms with van der Waals surface area (Å²) in [5, 5.41) is 5.23. The highest BCUT2D eigenvalue weighted by Crippen LogP contribution is 2.38. The number of carbonyl (C=O) groups excluding carboxylic acids is 2. The van der Waals surface area contributed by atoms with Crippen molar-refractivity contribution < 1.29 is 18.4 Å². The smallest absolute Gasteiger partial charge is 0.255 e. The summed E-state index contributed by atoms with van der Waals surface area (Å²) >= 11 is 1.55. The highest BCUT2D eigenvalue weighted by atomic mass is 127. The summed E-state index contributed by atoms with van der Waals surface area (Å²) in [6, 6.07) is 8.53. The number of hydrogen-bond acceptors (Lipinski definition) is 2. The Labute approximate surface area is 157 Å². The van der Waals surface area contributed by atoms with Crippen molar-refractivity contribution in [1.82, 2.24) is 0 Å². The largest absolute Gasteiger partial charge is 0.326 e. The van der Waals surface area contributed by atoms with E-state index < -0.39 is 17.5 Å². The summed E-state index contributed by atoms with van der Waals surface area (Å²) < 4.78 is 27.0. The van der Waals surface area contributed by atoms with E-state index in [1.165, 1.54) is 6.07 Å². The lowest BCUT2D eigenvalue weighted by molar-refractivity contribution is -0.117. The fraction of sp³-hybridized carbons (Fsp3) is 0.222. The third kappa shape index (κ3) is 4.15. The molecule has 0 radical (unpaired) electrons. The van der Waals surface area contributed by atoms with Crippen LogP contribution in [0.4, 0.5) is 20.2 Å². The topological polar surface area (TPSA) is 58.2 Å². The molecule has 1 fully saturated rings. The normalized spacial score (nSPS) is 18.6. The molecule has 0 spiro atoms. The molecule has 0 aromatic heterocycles. The van der Waals surface area contributed by atoms with E-state index in [1.54, 1.807) is 40.8 Å². The van der Waals surface area contributed by atoms with Gasteiger partial charge < -0.3 is 10.6 Å². The van der Waals surface area contributed by atoms with E-state index in [1.807, 2.05) is 6.92 Å². The SMILES string of the molecule is CC1CC1C(=O)Nc1cccc(C(=O)Nc2cc(F)c(I)c(F)c2)c1. The molecule has 1 saturated carbocycles. The second kappa shape index (κ2) is 7.07. The molecule has 2 amide bonds. The molecule has 0 bridgehead atoms. The highest BCUT2D eigenvalue weighted by molar-refractivity contribution is 14.1. The number of hydrogen-bond donors (Lipinski definition) is 2. The molecule has 0 heterocycles. The zero-order valence-electron chi connectivity index (χ0n) is 13.3. The van der Waals surface area contributed by atoms with Crippen molar-refractivity contribution >= 4 is 45.8 Å². The van der Waals surface area contributed by atoms with E-state index in [0.29, 0.717) is 11.6 Å². The average Bonchev–Trinajstić information content (AvgIpc) is 3.30. The lowest BCUT2D eigenvalue weighted by Gasteiger charge is -2.09. The summed E-state index contributed by atoms with van der Waals surface area (Å²) in [5.74, 6) is -1.65. The zero-order valence-corrected chi connectivity index (χ0v) is 15.4. The molecular formula is C18H15F2IN2O2. The molecule has 130 valence electrons. The van der Waals surface area contributed by atoms with Gasteiger partial charge in [-0.15, -0.1) is 0 Å². The Morgan fingerprint density at radius 3 is 2.32 bits per heavy atom.